The standard InChI is InChI=1S/C16H22/c1-2-7-13(6-1)15-10-5-11-16(12-15)14-8-3-4-9-14/h5,10-14H,1-4,6-9H2. The van der Waals surface area contributed by atoms with E-state index < -0.39 is 0 Å². The summed E-state index contributed by atoms with van der Waals surface area (Å²) in [4.78, 5) is 0. The Labute approximate surface area is 99.1 Å². The Kier molecular flexibility index (Phi) is 2.99. The van der Waals surface area contributed by atoms with E-state index in [9.17, 15) is 0 Å². The van der Waals surface area contributed by atoms with Crippen molar-refractivity contribution in [3.05, 3.63) is 35.4 Å². The molecule has 0 heterocycles. The first-order valence-corrected chi connectivity index (χ1v) is 7.03. The molecule has 0 aromatic heterocycles. The highest BCUT2D eigenvalue weighted by Gasteiger charge is 2.20. The minimum absolute atomic E-state index is 0.876. The summed E-state index contributed by atoms with van der Waals surface area (Å²) in [5.74, 6) is 1.75. The van der Waals surface area contributed by atoms with Gasteiger partial charge in [-0.2, -0.15) is 0 Å². The van der Waals surface area contributed by atoms with E-state index in [-0.39, 0.29) is 0 Å². The molecule has 2 fully saturated rings. The van der Waals surface area contributed by atoms with Crippen LogP contribution in [0, 0.1) is 0 Å². The van der Waals surface area contributed by atoms with Gasteiger partial charge < -0.3 is 0 Å². The minimum Gasteiger partial charge on any atom is -0.0617 e. The van der Waals surface area contributed by atoms with Crippen molar-refractivity contribution in [3.8, 4) is 0 Å². The van der Waals surface area contributed by atoms with Crippen LogP contribution in [0.3, 0.4) is 0 Å². The van der Waals surface area contributed by atoms with E-state index in [0.29, 0.717) is 0 Å². The molecule has 0 spiro atoms. The van der Waals surface area contributed by atoms with Crippen molar-refractivity contribution in [1.82, 2.24) is 0 Å². The molecule has 0 heteroatoms. The molecular weight excluding hydrogens is 192 g/mol. The van der Waals surface area contributed by atoms with Crippen LogP contribution in [0.2, 0.25) is 0 Å². The molecule has 2 saturated carbocycles. The molecule has 0 radical (unpaired) electrons. The van der Waals surface area contributed by atoms with Gasteiger partial charge in [-0.25, -0.2) is 0 Å². The van der Waals surface area contributed by atoms with Gasteiger partial charge in [0.05, 0.1) is 0 Å². The summed E-state index contributed by atoms with van der Waals surface area (Å²) < 4.78 is 0. The lowest BCUT2D eigenvalue weighted by molar-refractivity contribution is 0.700. The highest BCUT2D eigenvalue weighted by atomic mass is 14.3. The second-order valence-electron chi connectivity index (χ2n) is 5.63. The van der Waals surface area contributed by atoms with Crippen molar-refractivity contribution >= 4 is 0 Å². The van der Waals surface area contributed by atoms with Gasteiger partial charge in [0.15, 0.2) is 0 Å². The van der Waals surface area contributed by atoms with Crippen LogP contribution < -0.4 is 0 Å². The number of rotatable bonds is 2. The first kappa shape index (κ1) is 10.4. The molecule has 0 saturated heterocycles. The minimum atomic E-state index is 0.876. The second-order valence-corrected chi connectivity index (χ2v) is 5.63. The molecule has 16 heavy (non-hydrogen) atoms. The third kappa shape index (κ3) is 2.03. The summed E-state index contributed by atoms with van der Waals surface area (Å²) in [7, 11) is 0. The SMILES string of the molecule is c1cc(C2CCCC2)cc(C2CCCC2)c1. The van der Waals surface area contributed by atoms with E-state index in [4.69, 9.17) is 0 Å². The van der Waals surface area contributed by atoms with Gasteiger partial charge in [0.2, 0.25) is 0 Å². The third-order valence-corrected chi connectivity index (χ3v) is 4.56. The summed E-state index contributed by atoms with van der Waals surface area (Å²) >= 11 is 0. The highest BCUT2D eigenvalue weighted by Crippen LogP contribution is 2.38. The Balaban J connectivity index is 1.81. The Morgan fingerprint density at radius 3 is 1.56 bits per heavy atom. The summed E-state index contributed by atoms with van der Waals surface area (Å²) in [5, 5.41) is 0. The van der Waals surface area contributed by atoms with E-state index in [1.165, 1.54) is 51.4 Å². The maximum atomic E-state index is 2.52. The Bertz CT molecular complexity index is 310. The first-order chi connectivity index (χ1) is 7.93. The van der Waals surface area contributed by atoms with E-state index in [2.05, 4.69) is 24.3 Å². The molecule has 1 aromatic rings. The molecule has 0 amide bonds. The van der Waals surface area contributed by atoms with Crippen molar-refractivity contribution in [2.45, 2.75) is 63.2 Å². The Morgan fingerprint density at radius 2 is 1.12 bits per heavy atom. The number of hydrogen-bond donors (Lipinski definition) is 0. The lowest BCUT2D eigenvalue weighted by Gasteiger charge is -2.14. The molecule has 0 N–H and O–H groups in total. The van der Waals surface area contributed by atoms with Crippen molar-refractivity contribution in [3.63, 3.8) is 0 Å². The third-order valence-electron chi connectivity index (χ3n) is 4.56. The molecule has 0 nitrogen and oxygen atoms in total. The molecule has 1 aromatic carbocycles. The van der Waals surface area contributed by atoms with Crippen LogP contribution in [0.25, 0.3) is 0 Å². The highest BCUT2D eigenvalue weighted by molar-refractivity contribution is 5.29. The summed E-state index contributed by atoms with van der Waals surface area (Å²) in [5.41, 5.74) is 3.25. The van der Waals surface area contributed by atoms with Crippen molar-refractivity contribution in [2.75, 3.05) is 0 Å². The van der Waals surface area contributed by atoms with Gasteiger partial charge in [-0.1, -0.05) is 49.9 Å². The largest absolute Gasteiger partial charge is 0.0617 e. The van der Waals surface area contributed by atoms with Crippen LogP contribution in [0.4, 0.5) is 0 Å². The average molecular weight is 214 g/mol. The van der Waals surface area contributed by atoms with Gasteiger partial charge in [0.1, 0.15) is 0 Å². The van der Waals surface area contributed by atoms with E-state index in [1.54, 1.807) is 11.1 Å². The molecule has 2 aliphatic rings. The number of hydrogen-bond acceptors (Lipinski definition) is 0. The van der Waals surface area contributed by atoms with Gasteiger partial charge in [-0.3, -0.25) is 0 Å². The van der Waals surface area contributed by atoms with E-state index >= 15 is 0 Å². The van der Waals surface area contributed by atoms with Gasteiger partial charge in [-0.15, -0.1) is 0 Å². The maximum absolute atomic E-state index is 2.52. The predicted octanol–water partition coefficient (Wildman–Crippen LogP) is 5.00. The molecular formula is C16H22. The number of benzene rings is 1. The van der Waals surface area contributed by atoms with Gasteiger partial charge >= 0.3 is 0 Å². The van der Waals surface area contributed by atoms with Crippen LogP contribution in [0.1, 0.15) is 74.3 Å². The Hall–Kier alpha value is -0.780. The van der Waals surface area contributed by atoms with Crippen molar-refractivity contribution in [1.29, 1.82) is 0 Å². The maximum Gasteiger partial charge on any atom is -0.0162 e. The van der Waals surface area contributed by atoms with Crippen molar-refractivity contribution in [2.24, 2.45) is 0 Å². The fourth-order valence-corrected chi connectivity index (χ4v) is 3.59. The fraction of sp³-hybridized carbons (Fsp3) is 0.625. The fourth-order valence-electron chi connectivity index (χ4n) is 3.59. The normalized spacial score (nSPS) is 23.0. The van der Waals surface area contributed by atoms with Gasteiger partial charge in [0.25, 0.3) is 0 Å². The Morgan fingerprint density at radius 1 is 0.688 bits per heavy atom. The first-order valence-electron chi connectivity index (χ1n) is 7.03. The predicted molar refractivity (Wildman–Crippen MR) is 68.9 cm³/mol. The molecule has 0 unspecified atom stereocenters. The summed E-state index contributed by atoms with van der Waals surface area (Å²) in [6.45, 7) is 0. The molecule has 3 rings (SSSR count). The van der Waals surface area contributed by atoms with E-state index in [1.807, 2.05) is 0 Å². The van der Waals surface area contributed by atoms with Crippen LogP contribution in [0.5, 0.6) is 0 Å². The summed E-state index contributed by atoms with van der Waals surface area (Å²) in [6.07, 6.45) is 11.5. The molecule has 0 atom stereocenters. The zero-order valence-corrected chi connectivity index (χ0v) is 10.1. The monoisotopic (exact) mass is 214 g/mol. The molecule has 2 aliphatic carbocycles. The zero-order chi connectivity index (χ0) is 10.8. The quantitative estimate of drug-likeness (QED) is 0.649. The lowest BCUT2D eigenvalue weighted by Crippen LogP contribution is -1.97. The van der Waals surface area contributed by atoms with Gasteiger partial charge in [-0.05, 0) is 48.6 Å². The van der Waals surface area contributed by atoms with Gasteiger partial charge in [0, 0.05) is 0 Å². The van der Waals surface area contributed by atoms with Crippen LogP contribution in [-0.4, -0.2) is 0 Å². The molecule has 86 valence electrons. The van der Waals surface area contributed by atoms with Crippen LogP contribution in [0.15, 0.2) is 24.3 Å². The zero-order valence-electron chi connectivity index (χ0n) is 10.1. The van der Waals surface area contributed by atoms with Crippen molar-refractivity contribution < 1.29 is 0 Å². The average Bonchev–Trinajstić information content (AvgIpc) is 3.03. The molecule has 0 aliphatic heterocycles. The molecule has 0 bridgehead atoms. The summed E-state index contributed by atoms with van der Waals surface area (Å²) in [6, 6.07) is 9.52. The lowest BCUT2D eigenvalue weighted by atomic mass is 9.91. The van der Waals surface area contributed by atoms with Crippen LogP contribution in [-0.2, 0) is 0 Å². The second kappa shape index (κ2) is 4.61. The van der Waals surface area contributed by atoms with E-state index in [0.717, 1.165) is 11.8 Å². The topological polar surface area (TPSA) is 0 Å². The van der Waals surface area contributed by atoms with Crippen LogP contribution >= 0.6 is 0 Å². The smallest absolute Gasteiger partial charge is 0.0162 e.